The summed E-state index contributed by atoms with van der Waals surface area (Å²) in [5.74, 6) is 0. The van der Waals surface area contributed by atoms with Crippen LogP contribution in [0.4, 0.5) is 9.59 Å². The molecule has 0 aromatic carbocycles. The zero-order chi connectivity index (χ0) is 18.5. The summed E-state index contributed by atoms with van der Waals surface area (Å²) in [6.45, 7) is 7.26. The minimum absolute atomic E-state index is 0.261. The van der Waals surface area contributed by atoms with E-state index < -0.39 is 11.2 Å². The summed E-state index contributed by atoms with van der Waals surface area (Å²) >= 11 is 3.53. The van der Waals surface area contributed by atoms with E-state index in [9.17, 15) is 9.59 Å². The van der Waals surface area contributed by atoms with E-state index in [0.29, 0.717) is 43.0 Å². The van der Waals surface area contributed by atoms with E-state index in [-0.39, 0.29) is 12.2 Å². The van der Waals surface area contributed by atoms with Crippen molar-refractivity contribution in [3.05, 3.63) is 22.6 Å². The first-order valence-corrected chi connectivity index (χ1v) is 10.8. The maximum atomic E-state index is 12.5. The number of hydrogen-bond acceptors (Lipinski definition) is 6. The number of likely N-dealkylation sites (tertiary alicyclic amines) is 1. The van der Waals surface area contributed by atoms with Crippen molar-refractivity contribution in [1.82, 2.24) is 9.80 Å². The van der Waals surface area contributed by atoms with Crippen LogP contribution in [0.1, 0.15) is 33.6 Å². The Kier molecular flexibility index (Phi) is 4.46. The van der Waals surface area contributed by atoms with Crippen LogP contribution in [-0.4, -0.2) is 63.3 Å². The topological polar surface area (TPSA) is 59.1 Å². The fraction of sp³-hybridized carbons (Fsp3) is 0.667. The molecule has 2 saturated heterocycles. The zero-order valence-corrected chi connectivity index (χ0v) is 16.9. The number of hydrogen-bond donors (Lipinski definition) is 0. The van der Waals surface area contributed by atoms with Crippen LogP contribution in [0, 0.1) is 0 Å². The van der Waals surface area contributed by atoms with E-state index >= 15 is 0 Å². The predicted octanol–water partition coefficient (Wildman–Crippen LogP) is 3.79. The molecule has 0 saturated carbocycles. The average molecular weight is 397 g/mol. The molecule has 142 valence electrons. The van der Waals surface area contributed by atoms with Gasteiger partial charge >= 0.3 is 12.2 Å². The van der Waals surface area contributed by atoms with Gasteiger partial charge in [-0.2, -0.15) is 0 Å². The molecule has 2 unspecified atom stereocenters. The number of piperidine rings is 1. The summed E-state index contributed by atoms with van der Waals surface area (Å²) in [5.41, 5.74) is -0.989. The Morgan fingerprint density at radius 1 is 1.31 bits per heavy atom. The van der Waals surface area contributed by atoms with Gasteiger partial charge in [-0.3, -0.25) is 4.90 Å². The lowest BCUT2D eigenvalue weighted by Gasteiger charge is -2.37. The summed E-state index contributed by atoms with van der Waals surface area (Å²) in [6.07, 6.45) is 5.11. The third kappa shape index (κ3) is 3.45. The van der Waals surface area contributed by atoms with Gasteiger partial charge < -0.3 is 14.4 Å². The molecule has 0 radical (unpaired) electrons. The number of fused-ring (bicyclic) bond motifs is 1. The summed E-state index contributed by atoms with van der Waals surface area (Å²) in [7, 11) is 0. The molecule has 0 bridgehead atoms. The first-order chi connectivity index (χ1) is 12.2. The number of rotatable bonds is 1. The molecular weight excluding hydrogens is 372 g/mol. The highest BCUT2D eigenvalue weighted by atomic mass is 32.2. The predicted molar refractivity (Wildman–Crippen MR) is 103 cm³/mol. The zero-order valence-electron chi connectivity index (χ0n) is 15.3. The number of amides is 2. The van der Waals surface area contributed by atoms with Crippen LogP contribution in [0.2, 0.25) is 0 Å². The number of thioether (sulfide) groups is 2. The van der Waals surface area contributed by atoms with Crippen LogP contribution < -0.4 is 0 Å². The van der Waals surface area contributed by atoms with Gasteiger partial charge in [0.1, 0.15) is 11.2 Å². The van der Waals surface area contributed by atoms with Crippen molar-refractivity contribution in [2.75, 3.05) is 19.6 Å². The molecule has 4 aliphatic heterocycles. The van der Waals surface area contributed by atoms with E-state index in [1.165, 1.54) is 0 Å². The van der Waals surface area contributed by atoms with Crippen molar-refractivity contribution in [3.63, 3.8) is 0 Å². The van der Waals surface area contributed by atoms with Crippen molar-refractivity contribution < 1.29 is 19.1 Å². The Bertz CT molecular complexity index is 677. The van der Waals surface area contributed by atoms with E-state index in [2.05, 4.69) is 17.6 Å². The molecule has 0 aromatic heterocycles. The fourth-order valence-corrected chi connectivity index (χ4v) is 6.17. The molecule has 4 aliphatic rings. The van der Waals surface area contributed by atoms with Crippen LogP contribution in [0.3, 0.4) is 0 Å². The lowest BCUT2D eigenvalue weighted by molar-refractivity contribution is -0.0169. The molecule has 1 spiro atoms. The Morgan fingerprint density at radius 3 is 2.69 bits per heavy atom. The summed E-state index contributed by atoms with van der Waals surface area (Å²) in [5, 5.41) is 3.99. The van der Waals surface area contributed by atoms with Crippen molar-refractivity contribution >= 4 is 35.7 Å². The molecule has 6 nitrogen and oxygen atoms in total. The largest absolute Gasteiger partial charge is 0.444 e. The molecule has 26 heavy (non-hydrogen) atoms. The number of carbonyl (C=O) groups excluding carboxylic acids is 2. The SMILES string of the molecule is CC(C)(C)OC(=O)N1CCC2(CC1)CN(C1=CC3SC=CC3S1)C(=O)O2. The standard InChI is InChI=1S/C18H24N2O4S2/c1-17(2,3)23-15(21)19-7-5-18(6-8-19)11-20(16(22)24-18)14-10-13-12(26-14)4-9-25-13/h4,9-10,12-13H,5-8,11H2,1-3H3. The van der Waals surface area contributed by atoms with E-state index in [4.69, 9.17) is 9.47 Å². The van der Waals surface area contributed by atoms with E-state index in [0.717, 1.165) is 5.03 Å². The Balaban J connectivity index is 1.36. The van der Waals surface area contributed by atoms with Crippen molar-refractivity contribution in [2.45, 2.75) is 55.3 Å². The molecule has 8 heteroatoms. The summed E-state index contributed by atoms with van der Waals surface area (Å²) < 4.78 is 11.2. The van der Waals surface area contributed by atoms with Crippen LogP contribution >= 0.6 is 23.5 Å². The van der Waals surface area contributed by atoms with Crippen molar-refractivity contribution in [1.29, 1.82) is 0 Å². The molecule has 0 aliphatic carbocycles. The molecule has 2 atom stereocenters. The second-order valence-electron chi connectivity index (χ2n) is 8.12. The highest BCUT2D eigenvalue weighted by molar-refractivity contribution is 8.08. The quantitative estimate of drug-likeness (QED) is 0.672. The molecule has 4 rings (SSSR count). The minimum Gasteiger partial charge on any atom is -0.444 e. The lowest BCUT2D eigenvalue weighted by Crippen LogP contribution is -2.49. The Morgan fingerprint density at radius 2 is 2.04 bits per heavy atom. The van der Waals surface area contributed by atoms with Gasteiger partial charge in [0.15, 0.2) is 0 Å². The monoisotopic (exact) mass is 396 g/mol. The second kappa shape index (κ2) is 6.41. The highest BCUT2D eigenvalue weighted by Gasteiger charge is 2.50. The van der Waals surface area contributed by atoms with Crippen LogP contribution in [0.15, 0.2) is 22.6 Å². The van der Waals surface area contributed by atoms with Crippen LogP contribution in [0.25, 0.3) is 0 Å². The maximum Gasteiger partial charge on any atom is 0.415 e. The first kappa shape index (κ1) is 18.1. The van der Waals surface area contributed by atoms with Crippen LogP contribution in [-0.2, 0) is 9.47 Å². The minimum atomic E-state index is -0.500. The maximum absolute atomic E-state index is 12.5. The summed E-state index contributed by atoms with van der Waals surface area (Å²) in [4.78, 5) is 28.2. The fourth-order valence-electron chi connectivity index (χ4n) is 3.59. The van der Waals surface area contributed by atoms with Crippen LogP contribution in [0.5, 0.6) is 0 Å². The third-order valence-electron chi connectivity index (χ3n) is 4.95. The van der Waals surface area contributed by atoms with Gasteiger partial charge in [0, 0.05) is 36.4 Å². The van der Waals surface area contributed by atoms with Crippen molar-refractivity contribution in [2.24, 2.45) is 0 Å². The third-order valence-corrected chi connectivity index (χ3v) is 7.50. The second-order valence-corrected chi connectivity index (χ2v) is 10.4. The average Bonchev–Trinajstić information content (AvgIpc) is 3.19. The van der Waals surface area contributed by atoms with Crippen molar-refractivity contribution in [3.8, 4) is 0 Å². The number of nitrogens with zero attached hydrogens (tertiary/aromatic N) is 2. The van der Waals surface area contributed by atoms with Gasteiger partial charge in [0.05, 0.1) is 11.6 Å². The molecule has 2 fully saturated rings. The lowest BCUT2D eigenvalue weighted by atomic mass is 9.91. The van der Waals surface area contributed by atoms with Gasteiger partial charge in [-0.1, -0.05) is 17.8 Å². The van der Waals surface area contributed by atoms with Gasteiger partial charge in [-0.05, 0) is 32.3 Å². The van der Waals surface area contributed by atoms with Gasteiger partial charge in [-0.15, -0.1) is 11.8 Å². The number of carbonyl (C=O) groups is 2. The summed E-state index contributed by atoms with van der Waals surface area (Å²) in [6, 6.07) is 0. The molecule has 4 heterocycles. The first-order valence-electron chi connectivity index (χ1n) is 8.94. The molecular formula is C18H24N2O4S2. The molecule has 0 aromatic rings. The molecule has 2 amide bonds. The Labute approximate surface area is 162 Å². The van der Waals surface area contributed by atoms with Gasteiger partial charge in [0.25, 0.3) is 0 Å². The van der Waals surface area contributed by atoms with E-state index in [1.807, 2.05) is 20.8 Å². The Hall–Kier alpha value is -1.28. The number of ether oxygens (including phenoxy) is 2. The van der Waals surface area contributed by atoms with Gasteiger partial charge in [-0.25, -0.2) is 9.59 Å². The smallest absolute Gasteiger partial charge is 0.415 e. The normalized spacial score (nSPS) is 29.8. The van der Waals surface area contributed by atoms with E-state index in [1.54, 1.807) is 33.3 Å². The highest BCUT2D eigenvalue weighted by Crippen LogP contribution is 2.47. The van der Waals surface area contributed by atoms with Gasteiger partial charge in [0.2, 0.25) is 0 Å². The molecule has 0 N–H and O–H groups in total.